The van der Waals surface area contributed by atoms with Crippen molar-refractivity contribution in [2.24, 2.45) is 0 Å². The lowest BCUT2D eigenvalue weighted by Gasteiger charge is -2.12. The highest BCUT2D eigenvalue weighted by Gasteiger charge is 2.15. The van der Waals surface area contributed by atoms with E-state index < -0.39 is 0 Å². The summed E-state index contributed by atoms with van der Waals surface area (Å²) in [5.74, 6) is 1.05. The van der Waals surface area contributed by atoms with Gasteiger partial charge in [-0.1, -0.05) is 91.0 Å². The largest absolute Gasteiger partial charge is 0.256 e. The molecule has 0 aliphatic heterocycles. The second kappa shape index (κ2) is 9.75. The third-order valence-electron chi connectivity index (χ3n) is 6.89. The topological polar surface area (TPSA) is 51.6 Å². The van der Waals surface area contributed by atoms with Gasteiger partial charge in [-0.15, -0.1) is 0 Å². The van der Waals surface area contributed by atoms with Crippen molar-refractivity contribution in [3.8, 4) is 45.2 Å². The summed E-state index contributed by atoms with van der Waals surface area (Å²) >= 11 is 6.52. The van der Waals surface area contributed by atoms with E-state index in [4.69, 9.17) is 16.6 Å². The minimum Gasteiger partial charge on any atom is -0.256 e. The van der Waals surface area contributed by atoms with Crippen LogP contribution in [-0.4, -0.2) is 19.9 Å². The van der Waals surface area contributed by atoms with Gasteiger partial charge >= 0.3 is 0 Å². The number of rotatable bonds is 4. The highest BCUT2D eigenvalue weighted by molar-refractivity contribution is 6.28. The molecule has 0 aliphatic rings. The first kappa shape index (κ1) is 23.2. The van der Waals surface area contributed by atoms with E-state index in [0.717, 1.165) is 44.3 Å². The molecule has 0 N–H and O–H groups in total. The molecule has 5 aromatic carbocycles. The molecule has 5 heteroatoms. The number of aromatic nitrogens is 4. The van der Waals surface area contributed by atoms with E-state index in [0.29, 0.717) is 11.6 Å². The first-order valence-corrected chi connectivity index (χ1v) is 13.1. The van der Waals surface area contributed by atoms with Crippen LogP contribution in [0.1, 0.15) is 0 Å². The van der Waals surface area contributed by atoms with E-state index in [9.17, 15) is 0 Å². The molecule has 0 spiro atoms. The summed E-state index contributed by atoms with van der Waals surface area (Å²) in [6, 6.07) is 41.3. The van der Waals surface area contributed by atoms with Crippen LogP contribution >= 0.6 is 11.6 Å². The fourth-order valence-corrected chi connectivity index (χ4v) is 5.24. The van der Waals surface area contributed by atoms with Crippen LogP contribution in [-0.2, 0) is 0 Å². The van der Waals surface area contributed by atoms with Crippen LogP contribution < -0.4 is 0 Å². The molecule has 2 heterocycles. The van der Waals surface area contributed by atoms with Gasteiger partial charge in [0.25, 0.3) is 0 Å². The summed E-state index contributed by atoms with van der Waals surface area (Å²) in [4.78, 5) is 18.6. The van der Waals surface area contributed by atoms with Crippen molar-refractivity contribution in [3.05, 3.63) is 133 Å². The van der Waals surface area contributed by atoms with Gasteiger partial charge in [-0.2, -0.15) is 9.97 Å². The van der Waals surface area contributed by atoms with Crippen LogP contribution in [0.2, 0.25) is 5.28 Å². The SMILES string of the molecule is Clc1nc(-c2cccc(-c3cccc4ccccc34)c2)nc(-c2cc(-c3ccccn3)cc3ccccc23)n1. The first-order valence-electron chi connectivity index (χ1n) is 12.7. The van der Waals surface area contributed by atoms with Gasteiger partial charge in [0.1, 0.15) is 0 Å². The minimum atomic E-state index is 0.151. The molecule has 0 radical (unpaired) electrons. The van der Waals surface area contributed by atoms with Crippen molar-refractivity contribution in [1.29, 1.82) is 0 Å². The molecule has 0 unspecified atom stereocenters. The van der Waals surface area contributed by atoms with Crippen molar-refractivity contribution in [3.63, 3.8) is 0 Å². The Morgan fingerprint density at radius 3 is 2.00 bits per heavy atom. The van der Waals surface area contributed by atoms with Crippen molar-refractivity contribution in [1.82, 2.24) is 19.9 Å². The molecule has 0 saturated heterocycles. The molecule has 7 aromatic rings. The van der Waals surface area contributed by atoms with Crippen LogP contribution in [0.5, 0.6) is 0 Å². The second-order valence-corrected chi connectivity index (χ2v) is 9.66. The molecule has 4 nitrogen and oxygen atoms in total. The van der Waals surface area contributed by atoms with Gasteiger partial charge in [0, 0.05) is 22.9 Å². The van der Waals surface area contributed by atoms with E-state index in [-0.39, 0.29) is 5.28 Å². The highest BCUT2D eigenvalue weighted by Crippen LogP contribution is 2.34. The molecule has 7 rings (SSSR count). The fraction of sp³-hybridized carbons (Fsp3) is 0. The number of halogens is 1. The van der Waals surface area contributed by atoms with Gasteiger partial charge in [-0.3, -0.25) is 4.98 Å². The second-order valence-electron chi connectivity index (χ2n) is 9.32. The number of hydrogen-bond acceptors (Lipinski definition) is 4. The average Bonchev–Trinajstić information content (AvgIpc) is 3.00. The van der Waals surface area contributed by atoms with Gasteiger partial charge in [0.15, 0.2) is 11.6 Å². The van der Waals surface area contributed by atoms with Gasteiger partial charge in [-0.25, -0.2) is 4.98 Å². The van der Waals surface area contributed by atoms with Gasteiger partial charge in [0.2, 0.25) is 5.28 Å². The van der Waals surface area contributed by atoms with E-state index in [1.165, 1.54) is 10.8 Å². The number of pyridine rings is 1. The zero-order chi connectivity index (χ0) is 26.2. The van der Waals surface area contributed by atoms with Gasteiger partial charge in [0.05, 0.1) is 5.69 Å². The maximum atomic E-state index is 6.52. The lowest BCUT2D eigenvalue weighted by molar-refractivity contribution is 1.07. The summed E-state index contributed by atoms with van der Waals surface area (Å²) in [5, 5.41) is 4.66. The quantitative estimate of drug-likeness (QED) is 0.232. The van der Waals surface area contributed by atoms with Crippen LogP contribution in [0.15, 0.2) is 128 Å². The Hall–Kier alpha value is -4.93. The van der Waals surface area contributed by atoms with Crippen LogP contribution in [0, 0.1) is 0 Å². The predicted octanol–water partition coefficient (Wildman–Crippen LogP) is 8.89. The Bertz CT molecular complexity index is 1980. The molecule has 0 amide bonds. The molecule has 2 aromatic heterocycles. The summed E-state index contributed by atoms with van der Waals surface area (Å²) in [6.07, 6.45) is 1.80. The number of hydrogen-bond donors (Lipinski definition) is 0. The van der Waals surface area contributed by atoms with Crippen molar-refractivity contribution in [2.45, 2.75) is 0 Å². The summed E-state index contributed by atoms with van der Waals surface area (Å²) in [7, 11) is 0. The molecule has 184 valence electrons. The van der Waals surface area contributed by atoms with Crippen molar-refractivity contribution >= 4 is 33.1 Å². The van der Waals surface area contributed by atoms with Gasteiger partial charge in [-0.05, 0) is 74.6 Å². The Morgan fingerprint density at radius 2 is 1.15 bits per heavy atom. The number of benzene rings is 5. The summed E-state index contributed by atoms with van der Waals surface area (Å²) < 4.78 is 0. The summed E-state index contributed by atoms with van der Waals surface area (Å²) in [6.45, 7) is 0. The lowest BCUT2D eigenvalue weighted by Crippen LogP contribution is -1.98. The molecule has 0 saturated carbocycles. The molecule has 0 fully saturated rings. The average molecular weight is 521 g/mol. The number of fused-ring (bicyclic) bond motifs is 2. The maximum Gasteiger partial charge on any atom is 0.226 e. The standard InChI is InChI=1S/C34H21ClN4/c35-34-38-32(25-13-7-12-24(19-25)28-16-8-11-22-9-1-3-14-27(22)28)37-33(39-34)30-21-26(31-17-5-6-18-36-31)20-23-10-2-4-15-29(23)30/h1-21H. The third kappa shape index (κ3) is 4.41. The van der Waals surface area contributed by atoms with E-state index >= 15 is 0 Å². The third-order valence-corrected chi connectivity index (χ3v) is 7.06. The van der Waals surface area contributed by atoms with Crippen LogP contribution in [0.4, 0.5) is 0 Å². The molecule has 39 heavy (non-hydrogen) atoms. The smallest absolute Gasteiger partial charge is 0.226 e. The van der Waals surface area contributed by atoms with Gasteiger partial charge < -0.3 is 0 Å². The first-order chi connectivity index (χ1) is 19.2. The maximum absolute atomic E-state index is 6.52. The van der Waals surface area contributed by atoms with E-state index in [1.54, 1.807) is 6.20 Å². The molecular weight excluding hydrogens is 500 g/mol. The lowest BCUT2D eigenvalue weighted by atomic mass is 9.97. The Morgan fingerprint density at radius 1 is 0.462 bits per heavy atom. The van der Waals surface area contributed by atoms with E-state index in [1.807, 2.05) is 42.5 Å². The monoisotopic (exact) mass is 520 g/mol. The van der Waals surface area contributed by atoms with Crippen molar-refractivity contribution < 1.29 is 0 Å². The van der Waals surface area contributed by atoms with Crippen LogP contribution in [0.25, 0.3) is 66.7 Å². The Balaban J connectivity index is 1.38. The molecular formula is C34H21ClN4. The van der Waals surface area contributed by atoms with Crippen LogP contribution in [0.3, 0.4) is 0 Å². The normalized spacial score (nSPS) is 11.2. The molecule has 0 aliphatic carbocycles. The van der Waals surface area contributed by atoms with Crippen molar-refractivity contribution in [2.75, 3.05) is 0 Å². The minimum absolute atomic E-state index is 0.151. The highest BCUT2D eigenvalue weighted by atomic mass is 35.5. The molecule has 0 atom stereocenters. The predicted molar refractivity (Wildman–Crippen MR) is 159 cm³/mol. The Labute approximate surface area is 230 Å². The zero-order valence-electron chi connectivity index (χ0n) is 20.8. The molecule has 0 bridgehead atoms. The number of nitrogens with zero attached hydrogens (tertiary/aromatic N) is 4. The Kier molecular flexibility index (Phi) is 5.80. The summed E-state index contributed by atoms with van der Waals surface area (Å²) in [5.41, 5.74) is 5.86. The fourth-order valence-electron chi connectivity index (χ4n) is 5.08. The zero-order valence-corrected chi connectivity index (χ0v) is 21.5. The van der Waals surface area contributed by atoms with E-state index in [2.05, 4.69) is 93.8 Å².